The highest BCUT2D eigenvalue weighted by atomic mass is 19.1. The summed E-state index contributed by atoms with van der Waals surface area (Å²) in [5.74, 6) is 1.70. The number of furan rings is 1. The highest BCUT2D eigenvalue weighted by Gasteiger charge is 2.27. The van der Waals surface area contributed by atoms with Crippen LogP contribution in [0.2, 0.25) is 0 Å². The average Bonchev–Trinajstić information content (AvgIpc) is 2.94. The number of hydrogen-bond donors (Lipinski definition) is 2. The van der Waals surface area contributed by atoms with Crippen LogP contribution in [-0.4, -0.2) is 5.11 Å². The molecule has 4 heteroatoms. The van der Waals surface area contributed by atoms with E-state index in [4.69, 9.17) is 9.52 Å². The van der Waals surface area contributed by atoms with Gasteiger partial charge in [0.25, 0.3) is 0 Å². The third-order valence-corrected chi connectivity index (χ3v) is 4.28. The van der Waals surface area contributed by atoms with Gasteiger partial charge in [-0.3, -0.25) is 0 Å². The van der Waals surface area contributed by atoms with Gasteiger partial charge in [-0.25, -0.2) is 4.39 Å². The molecule has 0 saturated heterocycles. The molecule has 0 saturated carbocycles. The van der Waals surface area contributed by atoms with Gasteiger partial charge >= 0.3 is 0 Å². The first-order valence-electron chi connectivity index (χ1n) is 7.38. The monoisotopic (exact) mass is 289 g/mol. The lowest BCUT2D eigenvalue weighted by Crippen LogP contribution is -2.31. The Morgan fingerprint density at radius 1 is 1.29 bits per heavy atom. The van der Waals surface area contributed by atoms with Gasteiger partial charge in [0.15, 0.2) is 0 Å². The number of benzene rings is 1. The fourth-order valence-corrected chi connectivity index (χ4v) is 3.10. The van der Waals surface area contributed by atoms with Crippen LogP contribution in [0, 0.1) is 11.7 Å². The first kappa shape index (κ1) is 14.3. The molecule has 21 heavy (non-hydrogen) atoms. The number of aliphatic hydroxyl groups excluding tert-OH is 1. The Balaban J connectivity index is 1.77. The molecule has 1 aromatic heterocycles. The standard InChI is InChI=1S/C17H20FNO2/c1-11-5-8-14-15(3-2-4-16(14)18)17(11)19-9-12-6-7-13(10-20)21-12/h2-4,6-7,11,17,19-20H,5,8-10H2,1H3/t11-,17-/m1/s1. The Labute approximate surface area is 123 Å². The van der Waals surface area contributed by atoms with Crippen LogP contribution in [0.5, 0.6) is 0 Å². The summed E-state index contributed by atoms with van der Waals surface area (Å²) in [5.41, 5.74) is 1.89. The molecule has 0 bridgehead atoms. The van der Waals surface area contributed by atoms with Gasteiger partial charge < -0.3 is 14.8 Å². The van der Waals surface area contributed by atoms with Gasteiger partial charge in [0.1, 0.15) is 23.9 Å². The van der Waals surface area contributed by atoms with Gasteiger partial charge in [-0.05, 0) is 48.1 Å². The van der Waals surface area contributed by atoms with Crippen molar-refractivity contribution in [3.05, 3.63) is 58.8 Å². The normalized spacial score (nSPS) is 21.3. The van der Waals surface area contributed by atoms with Gasteiger partial charge in [-0.1, -0.05) is 19.1 Å². The van der Waals surface area contributed by atoms with Crippen molar-refractivity contribution >= 4 is 0 Å². The summed E-state index contributed by atoms with van der Waals surface area (Å²) in [5, 5.41) is 12.5. The SMILES string of the molecule is C[C@@H]1CCc2c(F)cccc2[C@@H]1NCc1ccc(CO)o1. The molecular weight excluding hydrogens is 269 g/mol. The first-order chi connectivity index (χ1) is 10.2. The van der Waals surface area contributed by atoms with E-state index < -0.39 is 0 Å². The third kappa shape index (κ3) is 2.87. The van der Waals surface area contributed by atoms with E-state index in [2.05, 4.69) is 12.2 Å². The van der Waals surface area contributed by atoms with Crippen LogP contribution in [0.4, 0.5) is 4.39 Å². The van der Waals surface area contributed by atoms with Gasteiger partial charge in [-0.15, -0.1) is 0 Å². The molecule has 2 atom stereocenters. The molecule has 3 rings (SSSR count). The summed E-state index contributed by atoms with van der Waals surface area (Å²) in [6, 6.07) is 9.08. The van der Waals surface area contributed by atoms with E-state index in [0.29, 0.717) is 18.2 Å². The summed E-state index contributed by atoms with van der Waals surface area (Å²) >= 11 is 0. The lowest BCUT2D eigenvalue weighted by molar-refractivity contribution is 0.240. The number of hydrogen-bond acceptors (Lipinski definition) is 3. The molecule has 2 aromatic rings. The van der Waals surface area contributed by atoms with Crippen molar-refractivity contribution in [2.24, 2.45) is 5.92 Å². The summed E-state index contributed by atoms with van der Waals surface area (Å²) in [4.78, 5) is 0. The van der Waals surface area contributed by atoms with Gasteiger partial charge in [0, 0.05) is 6.04 Å². The zero-order chi connectivity index (χ0) is 14.8. The van der Waals surface area contributed by atoms with Crippen LogP contribution in [-0.2, 0) is 19.6 Å². The molecule has 1 heterocycles. The quantitative estimate of drug-likeness (QED) is 0.907. The lowest BCUT2D eigenvalue weighted by Gasteiger charge is -2.32. The Kier molecular flexibility index (Phi) is 4.08. The maximum Gasteiger partial charge on any atom is 0.129 e. The molecular formula is C17H20FNO2. The molecule has 112 valence electrons. The topological polar surface area (TPSA) is 45.4 Å². The van der Waals surface area contributed by atoms with Crippen molar-refractivity contribution < 1.29 is 13.9 Å². The minimum Gasteiger partial charge on any atom is -0.462 e. The van der Waals surface area contributed by atoms with Crippen LogP contribution in [0.15, 0.2) is 34.7 Å². The van der Waals surface area contributed by atoms with Crippen molar-refractivity contribution in [2.75, 3.05) is 0 Å². The van der Waals surface area contributed by atoms with Crippen molar-refractivity contribution in [1.82, 2.24) is 5.32 Å². The van der Waals surface area contributed by atoms with Gasteiger partial charge in [0.05, 0.1) is 6.54 Å². The lowest BCUT2D eigenvalue weighted by atomic mass is 9.80. The van der Waals surface area contributed by atoms with Crippen LogP contribution < -0.4 is 5.32 Å². The largest absolute Gasteiger partial charge is 0.462 e. The zero-order valence-electron chi connectivity index (χ0n) is 12.1. The molecule has 2 N–H and O–H groups in total. The number of nitrogens with one attached hydrogen (secondary N) is 1. The highest BCUT2D eigenvalue weighted by Crippen LogP contribution is 2.35. The molecule has 0 aliphatic heterocycles. The molecule has 1 aliphatic carbocycles. The molecule has 0 radical (unpaired) electrons. The van der Waals surface area contributed by atoms with E-state index in [1.807, 2.05) is 12.1 Å². The molecule has 0 unspecified atom stereocenters. The Hall–Kier alpha value is -1.65. The summed E-state index contributed by atoms with van der Waals surface area (Å²) in [6.07, 6.45) is 1.78. The maximum absolute atomic E-state index is 13.9. The maximum atomic E-state index is 13.9. The Morgan fingerprint density at radius 2 is 2.10 bits per heavy atom. The van der Waals surface area contributed by atoms with E-state index in [0.717, 1.165) is 29.7 Å². The molecule has 0 spiro atoms. The number of halogens is 1. The van der Waals surface area contributed by atoms with E-state index in [1.54, 1.807) is 12.1 Å². The van der Waals surface area contributed by atoms with E-state index in [1.165, 1.54) is 6.07 Å². The minimum atomic E-state index is -0.105. The fourth-order valence-electron chi connectivity index (χ4n) is 3.10. The predicted molar refractivity (Wildman–Crippen MR) is 78.1 cm³/mol. The number of rotatable bonds is 4. The summed E-state index contributed by atoms with van der Waals surface area (Å²) < 4.78 is 19.4. The van der Waals surface area contributed by atoms with Crippen molar-refractivity contribution in [3.63, 3.8) is 0 Å². The molecule has 3 nitrogen and oxygen atoms in total. The molecule has 1 aliphatic rings. The highest BCUT2D eigenvalue weighted by molar-refractivity contribution is 5.34. The summed E-state index contributed by atoms with van der Waals surface area (Å²) in [7, 11) is 0. The number of aliphatic hydroxyl groups is 1. The van der Waals surface area contributed by atoms with Crippen molar-refractivity contribution in [2.45, 2.75) is 39.0 Å². The van der Waals surface area contributed by atoms with E-state index >= 15 is 0 Å². The van der Waals surface area contributed by atoms with Crippen LogP contribution in [0.1, 0.15) is 42.0 Å². The van der Waals surface area contributed by atoms with Crippen molar-refractivity contribution in [1.29, 1.82) is 0 Å². The third-order valence-electron chi connectivity index (χ3n) is 4.28. The smallest absolute Gasteiger partial charge is 0.129 e. The average molecular weight is 289 g/mol. The first-order valence-corrected chi connectivity index (χ1v) is 7.38. The van der Waals surface area contributed by atoms with E-state index in [-0.39, 0.29) is 18.5 Å². The van der Waals surface area contributed by atoms with Crippen LogP contribution >= 0.6 is 0 Å². The second-order valence-corrected chi connectivity index (χ2v) is 5.71. The molecule has 1 aromatic carbocycles. The minimum absolute atomic E-state index is 0.0894. The second kappa shape index (κ2) is 6.00. The van der Waals surface area contributed by atoms with Crippen molar-refractivity contribution in [3.8, 4) is 0 Å². The second-order valence-electron chi connectivity index (χ2n) is 5.71. The van der Waals surface area contributed by atoms with E-state index in [9.17, 15) is 4.39 Å². The Morgan fingerprint density at radius 3 is 2.86 bits per heavy atom. The number of fused-ring (bicyclic) bond motifs is 1. The van der Waals surface area contributed by atoms with Crippen LogP contribution in [0.3, 0.4) is 0 Å². The zero-order valence-corrected chi connectivity index (χ0v) is 12.1. The van der Waals surface area contributed by atoms with Gasteiger partial charge in [-0.2, -0.15) is 0 Å². The predicted octanol–water partition coefficient (Wildman–Crippen LogP) is 3.32. The molecule has 0 fully saturated rings. The fraction of sp³-hybridized carbons (Fsp3) is 0.412. The van der Waals surface area contributed by atoms with Gasteiger partial charge in [0.2, 0.25) is 0 Å². The summed E-state index contributed by atoms with van der Waals surface area (Å²) in [6.45, 7) is 2.67. The Bertz CT molecular complexity index is 623. The van der Waals surface area contributed by atoms with Crippen LogP contribution in [0.25, 0.3) is 0 Å². The molecule has 0 amide bonds.